The largest absolute Gasteiger partial charge is 0.512 e. The molecule has 36 heavy (non-hydrogen) atoms. The minimum absolute atomic E-state index is 0.123. The zero-order valence-corrected chi connectivity index (χ0v) is 21.2. The Morgan fingerprint density at radius 2 is 1.69 bits per heavy atom. The number of hydrogen-bond acceptors (Lipinski definition) is 4. The fourth-order valence-corrected chi connectivity index (χ4v) is 4.63. The van der Waals surface area contributed by atoms with E-state index in [-0.39, 0.29) is 18.1 Å². The highest BCUT2D eigenvalue weighted by atomic mass is 35.5. The summed E-state index contributed by atoms with van der Waals surface area (Å²) < 4.78 is 10.8. The second-order valence-corrected chi connectivity index (χ2v) is 9.23. The van der Waals surface area contributed by atoms with Crippen LogP contribution in [0.15, 0.2) is 48.5 Å². The lowest BCUT2D eigenvalue weighted by molar-refractivity contribution is 0.0696. The predicted octanol–water partition coefficient (Wildman–Crippen LogP) is 7.87. The Balaban J connectivity index is 1.64. The first-order valence-corrected chi connectivity index (χ1v) is 11.9. The summed E-state index contributed by atoms with van der Waals surface area (Å²) in [7, 11) is 0. The van der Waals surface area contributed by atoms with Crippen molar-refractivity contribution >= 4 is 57.8 Å². The molecule has 3 aromatic carbocycles. The van der Waals surface area contributed by atoms with Gasteiger partial charge in [-0.05, 0) is 49.1 Å². The van der Waals surface area contributed by atoms with Crippen LogP contribution in [0.2, 0.25) is 15.1 Å². The number of H-pyrrole nitrogens is 1. The Labute approximate surface area is 221 Å². The number of aryl methyl sites for hydroxylation is 2. The van der Waals surface area contributed by atoms with Crippen molar-refractivity contribution in [1.82, 2.24) is 4.98 Å². The van der Waals surface area contributed by atoms with E-state index in [9.17, 15) is 19.8 Å². The van der Waals surface area contributed by atoms with Crippen LogP contribution in [0.4, 0.5) is 4.79 Å². The van der Waals surface area contributed by atoms with Crippen LogP contribution in [0.25, 0.3) is 22.0 Å². The summed E-state index contributed by atoms with van der Waals surface area (Å²) in [6.45, 7) is 2.11. The van der Waals surface area contributed by atoms with Crippen LogP contribution < -0.4 is 9.47 Å². The second-order valence-electron chi connectivity index (χ2n) is 8.01. The van der Waals surface area contributed by atoms with Crippen LogP contribution in [0.3, 0.4) is 0 Å². The first-order valence-electron chi connectivity index (χ1n) is 10.8. The van der Waals surface area contributed by atoms with Crippen molar-refractivity contribution in [3.05, 3.63) is 80.3 Å². The maximum absolute atomic E-state index is 11.4. The van der Waals surface area contributed by atoms with Gasteiger partial charge in [0, 0.05) is 22.6 Å². The molecule has 1 aromatic heterocycles. The summed E-state index contributed by atoms with van der Waals surface area (Å²) in [5.74, 6) is -0.488. The Hall–Kier alpha value is -3.39. The molecule has 7 nitrogen and oxygen atoms in total. The Bertz CT molecular complexity index is 1480. The van der Waals surface area contributed by atoms with Crippen molar-refractivity contribution in [1.29, 1.82) is 0 Å². The third kappa shape index (κ3) is 5.38. The summed E-state index contributed by atoms with van der Waals surface area (Å²) in [6.07, 6.45) is -0.469. The Morgan fingerprint density at radius 1 is 0.944 bits per heavy atom. The van der Waals surface area contributed by atoms with Crippen molar-refractivity contribution in [3.63, 3.8) is 0 Å². The predicted molar refractivity (Wildman–Crippen MR) is 139 cm³/mol. The lowest BCUT2D eigenvalue weighted by Crippen LogP contribution is -2.06. The van der Waals surface area contributed by atoms with E-state index >= 15 is 0 Å². The molecule has 4 rings (SSSR count). The number of carboxylic acid groups (broad SMARTS) is 2. The first-order chi connectivity index (χ1) is 17.2. The summed E-state index contributed by atoms with van der Waals surface area (Å²) >= 11 is 18.2. The molecule has 10 heteroatoms. The molecule has 186 valence electrons. The maximum atomic E-state index is 11.4. The minimum atomic E-state index is -1.44. The number of aromatic carboxylic acids is 1. The van der Waals surface area contributed by atoms with Crippen molar-refractivity contribution in [2.45, 2.75) is 19.8 Å². The van der Waals surface area contributed by atoms with Gasteiger partial charge in [-0.1, -0.05) is 59.1 Å². The number of fused-ring (bicyclic) bond motifs is 1. The summed E-state index contributed by atoms with van der Waals surface area (Å²) in [4.78, 5) is 25.8. The first kappa shape index (κ1) is 25.7. The van der Waals surface area contributed by atoms with Gasteiger partial charge in [0.1, 0.15) is 5.75 Å². The van der Waals surface area contributed by atoms with Gasteiger partial charge in [0.25, 0.3) is 0 Å². The highest BCUT2D eigenvalue weighted by Gasteiger charge is 2.19. The van der Waals surface area contributed by atoms with Crippen LogP contribution in [0, 0.1) is 6.92 Å². The van der Waals surface area contributed by atoms with E-state index in [2.05, 4.69) is 4.98 Å². The third-order valence-corrected chi connectivity index (χ3v) is 6.68. The number of carbonyl (C=O) groups is 2. The number of carboxylic acids is 1. The quantitative estimate of drug-likeness (QED) is 0.117. The molecule has 0 aliphatic carbocycles. The lowest BCUT2D eigenvalue weighted by atomic mass is 9.96. The molecule has 0 aliphatic heterocycles. The number of para-hydroxylation sites is 1. The van der Waals surface area contributed by atoms with E-state index in [0.717, 1.165) is 22.1 Å². The summed E-state index contributed by atoms with van der Waals surface area (Å²) in [5, 5.41) is 20.3. The molecule has 3 N–H and O–H groups in total. The molecule has 4 aromatic rings. The second kappa shape index (κ2) is 10.7. The highest BCUT2D eigenvalue weighted by Crippen LogP contribution is 2.37. The number of benzene rings is 3. The van der Waals surface area contributed by atoms with Gasteiger partial charge < -0.3 is 24.7 Å². The van der Waals surface area contributed by atoms with Gasteiger partial charge >= 0.3 is 12.1 Å². The van der Waals surface area contributed by atoms with Crippen molar-refractivity contribution in [2.75, 3.05) is 6.61 Å². The standard InChI is InChI=1S/C26H20Cl3NO6/c1-13-10-14(25(31)32)7-8-15(13)16-4-2-5-17-18(24(30-23(16)17)36-26(33)34)6-3-9-35-22-12-20(28)19(27)11-21(22)29/h2,4-5,7-8,10-12,30H,3,6,9H2,1H3,(H,31,32)(H,33,34). The molecule has 0 amide bonds. The lowest BCUT2D eigenvalue weighted by Gasteiger charge is -2.10. The van der Waals surface area contributed by atoms with Gasteiger partial charge in [0.2, 0.25) is 5.88 Å². The van der Waals surface area contributed by atoms with Gasteiger partial charge in [-0.25, -0.2) is 9.59 Å². The summed E-state index contributed by atoms with van der Waals surface area (Å²) in [5.41, 5.74) is 3.93. The molecule has 0 saturated carbocycles. The average Bonchev–Trinajstić information content (AvgIpc) is 3.16. The number of hydrogen-bond donors (Lipinski definition) is 3. The average molecular weight is 549 g/mol. The Kier molecular flexibility index (Phi) is 7.64. The van der Waals surface area contributed by atoms with Gasteiger partial charge in [-0.2, -0.15) is 0 Å². The molecular formula is C26H20Cl3NO6. The van der Waals surface area contributed by atoms with Gasteiger partial charge in [-0.15, -0.1) is 0 Å². The van der Waals surface area contributed by atoms with Gasteiger partial charge in [0.05, 0.1) is 32.8 Å². The number of rotatable bonds is 8. The number of aromatic nitrogens is 1. The van der Waals surface area contributed by atoms with E-state index < -0.39 is 12.1 Å². The van der Waals surface area contributed by atoms with Crippen LogP contribution >= 0.6 is 34.8 Å². The van der Waals surface area contributed by atoms with Crippen molar-refractivity contribution < 1.29 is 29.3 Å². The molecule has 0 saturated heterocycles. The van der Waals surface area contributed by atoms with Gasteiger partial charge in [-0.3, -0.25) is 0 Å². The van der Waals surface area contributed by atoms with Crippen molar-refractivity contribution in [3.8, 4) is 22.8 Å². The smallest absolute Gasteiger partial charge is 0.492 e. The molecule has 0 spiro atoms. The number of aromatic amines is 1. The third-order valence-electron chi connectivity index (χ3n) is 5.66. The molecule has 1 heterocycles. The van der Waals surface area contributed by atoms with E-state index in [4.69, 9.17) is 44.3 Å². The molecule has 0 unspecified atom stereocenters. The van der Waals surface area contributed by atoms with E-state index in [1.165, 1.54) is 12.1 Å². The Morgan fingerprint density at radius 3 is 2.39 bits per heavy atom. The SMILES string of the molecule is Cc1cc(C(=O)O)ccc1-c1cccc2c(CCCOc3cc(Cl)c(Cl)cc3Cl)c(OC(=O)O)[nH]c12. The molecule has 0 radical (unpaired) electrons. The van der Waals surface area contributed by atoms with Crippen LogP contribution in [-0.4, -0.2) is 33.9 Å². The topological polar surface area (TPSA) is 109 Å². The van der Waals surface area contributed by atoms with Crippen LogP contribution in [-0.2, 0) is 6.42 Å². The monoisotopic (exact) mass is 547 g/mol. The zero-order chi connectivity index (χ0) is 26.0. The normalized spacial score (nSPS) is 11.0. The fraction of sp³-hybridized carbons (Fsp3) is 0.154. The van der Waals surface area contributed by atoms with Crippen LogP contribution in [0.1, 0.15) is 27.9 Å². The number of halogens is 3. The molecule has 0 atom stereocenters. The number of ether oxygens (including phenoxy) is 2. The summed E-state index contributed by atoms with van der Waals surface area (Å²) in [6, 6.07) is 13.5. The minimum Gasteiger partial charge on any atom is -0.492 e. The van der Waals surface area contributed by atoms with E-state index in [1.54, 1.807) is 18.2 Å². The number of nitrogens with one attached hydrogen (secondary N) is 1. The highest BCUT2D eigenvalue weighted by molar-refractivity contribution is 6.43. The molecule has 0 bridgehead atoms. The maximum Gasteiger partial charge on any atom is 0.512 e. The van der Waals surface area contributed by atoms with Crippen LogP contribution in [0.5, 0.6) is 11.6 Å². The van der Waals surface area contributed by atoms with E-state index in [1.807, 2.05) is 25.1 Å². The van der Waals surface area contributed by atoms with Gasteiger partial charge in [0.15, 0.2) is 0 Å². The molecular weight excluding hydrogens is 529 g/mol. The molecule has 0 aliphatic rings. The zero-order valence-electron chi connectivity index (χ0n) is 18.9. The van der Waals surface area contributed by atoms with Crippen molar-refractivity contribution in [2.24, 2.45) is 0 Å². The van der Waals surface area contributed by atoms with E-state index in [0.29, 0.717) is 44.7 Å². The fourth-order valence-electron chi connectivity index (χ4n) is 4.04. The molecule has 0 fully saturated rings.